The van der Waals surface area contributed by atoms with Crippen LogP contribution in [0.25, 0.3) is 21.8 Å². The van der Waals surface area contributed by atoms with Crippen LogP contribution in [0.3, 0.4) is 0 Å². The third-order valence-electron chi connectivity index (χ3n) is 4.15. The molecule has 2 N–H and O–H groups in total. The van der Waals surface area contributed by atoms with Crippen LogP contribution in [-0.4, -0.2) is 32.3 Å². The predicted octanol–water partition coefficient (Wildman–Crippen LogP) is 2.45. The van der Waals surface area contributed by atoms with E-state index in [0.29, 0.717) is 19.6 Å². The average molecular weight is 345 g/mol. The fraction of sp³-hybridized carbons (Fsp3) is 0.333. The number of para-hydroxylation sites is 1. The number of fused-ring (bicyclic) bond motifs is 3. The highest BCUT2D eigenvalue weighted by atomic mass is 32.2. The maximum absolute atomic E-state index is 11.0. The Balaban J connectivity index is 1.78. The van der Waals surface area contributed by atoms with Crippen molar-refractivity contribution in [3.05, 3.63) is 48.0 Å². The van der Waals surface area contributed by atoms with Crippen LogP contribution in [0.4, 0.5) is 0 Å². The number of nitrogens with zero attached hydrogens (tertiary/aromatic N) is 1. The Hall–Kier alpha value is -1.89. The molecule has 1 aromatic heterocycles. The fourth-order valence-corrected chi connectivity index (χ4v) is 3.58. The molecule has 0 aliphatic heterocycles. The lowest BCUT2D eigenvalue weighted by atomic mass is 10.1. The highest BCUT2D eigenvalue weighted by Crippen LogP contribution is 2.29. The molecular weight excluding hydrogens is 322 g/mol. The molecule has 0 saturated carbocycles. The van der Waals surface area contributed by atoms with E-state index in [1.807, 2.05) is 0 Å². The Morgan fingerprint density at radius 3 is 2.50 bits per heavy atom. The van der Waals surface area contributed by atoms with Crippen LogP contribution in [0.1, 0.15) is 12.5 Å². The largest absolute Gasteiger partial charge is 0.341 e. The first-order valence-corrected chi connectivity index (χ1v) is 10.0. The molecule has 24 heavy (non-hydrogen) atoms. The molecule has 0 amide bonds. The maximum atomic E-state index is 11.0. The van der Waals surface area contributed by atoms with E-state index in [4.69, 9.17) is 0 Å². The van der Waals surface area contributed by atoms with Gasteiger partial charge in [0.15, 0.2) is 0 Å². The van der Waals surface area contributed by atoms with Gasteiger partial charge in [-0.15, -0.1) is 0 Å². The number of hydrogen-bond acceptors (Lipinski definition) is 3. The zero-order valence-electron chi connectivity index (χ0n) is 14.0. The second-order valence-corrected chi connectivity index (χ2v) is 7.79. The zero-order chi connectivity index (χ0) is 17.2. The molecule has 3 rings (SSSR count). The molecule has 128 valence electrons. The summed E-state index contributed by atoms with van der Waals surface area (Å²) in [7, 11) is -3.12. The summed E-state index contributed by atoms with van der Waals surface area (Å²) in [5.41, 5.74) is 3.71. The van der Waals surface area contributed by atoms with Crippen molar-refractivity contribution in [1.29, 1.82) is 0 Å². The van der Waals surface area contributed by atoms with Crippen molar-refractivity contribution in [3.8, 4) is 0 Å². The molecule has 6 heteroatoms. The SMILES string of the molecule is CCn1c2ccccc2c2cc(CNCCNS(C)(=O)=O)ccc21. The molecule has 3 aromatic rings. The highest BCUT2D eigenvalue weighted by Gasteiger charge is 2.09. The van der Waals surface area contributed by atoms with Crippen LogP contribution in [-0.2, 0) is 23.1 Å². The van der Waals surface area contributed by atoms with Crippen molar-refractivity contribution < 1.29 is 8.42 Å². The Kier molecular flexibility index (Phi) is 4.89. The summed E-state index contributed by atoms with van der Waals surface area (Å²) in [6, 6.07) is 15.0. The van der Waals surface area contributed by atoms with Crippen molar-refractivity contribution >= 4 is 31.8 Å². The molecule has 0 aliphatic rings. The van der Waals surface area contributed by atoms with E-state index in [1.54, 1.807) is 0 Å². The minimum absolute atomic E-state index is 0.399. The number of aryl methyl sites for hydroxylation is 1. The average Bonchev–Trinajstić information content (AvgIpc) is 2.87. The number of benzene rings is 2. The molecule has 1 heterocycles. The Morgan fingerprint density at radius 1 is 1.00 bits per heavy atom. The Morgan fingerprint density at radius 2 is 1.75 bits per heavy atom. The lowest BCUT2D eigenvalue weighted by Crippen LogP contribution is -2.30. The smallest absolute Gasteiger partial charge is 0.208 e. The molecule has 0 spiro atoms. The number of hydrogen-bond donors (Lipinski definition) is 2. The Labute approximate surface area is 142 Å². The van der Waals surface area contributed by atoms with Crippen molar-refractivity contribution in [1.82, 2.24) is 14.6 Å². The van der Waals surface area contributed by atoms with E-state index in [2.05, 4.69) is 64.0 Å². The standard InChI is InChI=1S/C18H23N3O2S/c1-3-21-17-7-5-4-6-15(17)16-12-14(8-9-18(16)21)13-19-10-11-20-24(2,22)23/h4-9,12,19-20H,3,10-11,13H2,1-2H3. The van der Waals surface area contributed by atoms with Gasteiger partial charge in [-0.25, -0.2) is 13.1 Å². The minimum Gasteiger partial charge on any atom is -0.341 e. The van der Waals surface area contributed by atoms with Crippen LogP contribution in [0.15, 0.2) is 42.5 Å². The number of aromatic nitrogens is 1. The second kappa shape index (κ2) is 6.93. The maximum Gasteiger partial charge on any atom is 0.208 e. The van der Waals surface area contributed by atoms with Gasteiger partial charge < -0.3 is 9.88 Å². The Bertz CT molecular complexity index is 961. The molecule has 0 unspecified atom stereocenters. The van der Waals surface area contributed by atoms with Gasteiger partial charge in [0.1, 0.15) is 0 Å². The summed E-state index contributed by atoms with van der Waals surface area (Å²) >= 11 is 0. The van der Waals surface area contributed by atoms with E-state index >= 15 is 0 Å². The van der Waals surface area contributed by atoms with Crippen LogP contribution in [0, 0.1) is 0 Å². The quantitative estimate of drug-likeness (QED) is 0.647. The molecule has 0 saturated heterocycles. The third-order valence-corrected chi connectivity index (χ3v) is 4.88. The van der Waals surface area contributed by atoms with E-state index in [0.717, 1.165) is 6.54 Å². The monoisotopic (exact) mass is 345 g/mol. The molecule has 0 radical (unpaired) electrons. The van der Waals surface area contributed by atoms with Crippen molar-refractivity contribution in [2.45, 2.75) is 20.0 Å². The topological polar surface area (TPSA) is 63.1 Å². The third kappa shape index (κ3) is 3.61. The molecular formula is C18H23N3O2S. The normalized spacial score (nSPS) is 12.2. The van der Waals surface area contributed by atoms with Crippen LogP contribution >= 0.6 is 0 Å². The van der Waals surface area contributed by atoms with Crippen LogP contribution in [0.5, 0.6) is 0 Å². The van der Waals surface area contributed by atoms with Crippen molar-refractivity contribution in [3.63, 3.8) is 0 Å². The molecule has 0 aliphatic carbocycles. The zero-order valence-corrected chi connectivity index (χ0v) is 14.9. The van der Waals surface area contributed by atoms with Crippen LogP contribution < -0.4 is 10.0 Å². The van der Waals surface area contributed by atoms with Gasteiger partial charge >= 0.3 is 0 Å². The van der Waals surface area contributed by atoms with E-state index in [-0.39, 0.29) is 0 Å². The summed E-state index contributed by atoms with van der Waals surface area (Å²) in [4.78, 5) is 0. The number of rotatable bonds is 7. The van der Waals surface area contributed by atoms with Crippen molar-refractivity contribution in [2.24, 2.45) is 0 Å². The predicted molar refractivity (Wildman–Crippen MR) is 99.7 cm³/mol. The first-order valence-electron chi connectivity index (χ1n) is 8.15. The van der Waals surface area contributed by atoms with Gasteiger partial charge in [-0.3, -0.25) is 0 Å². The van der Waals surface area contributed by atoms with E-state index in [9.17, 15) is 8.42 Å². The van der Waals surface area contributed by atoms with Gasteiger partial charge in [-0.05, 0) is 30.7 Å². The van der Waals surface area contributed by atoms with Crippen LogP contribution in [0.2, 0.25) is 0 Å². The summed E-state index contributed by atoms with van der Waals surface area (Å²) in [6.45, 7) is 4.82. The van der Waals surface area contributed by atoms with Gasteiger partial charge in [0.2, 0.25) is 10.0 Å². The second-order valence-electron chi connectivity index (χ2n) is 5.96. The number of sulfonamides is 1. The van der Waals surface area contributed by atoms with E-state index < -0.39 is 10.0 Å². The molecule has 5 nitrogen and oxygen atoms in total. The lowest BCUT2D eigenvalue weighted by Gasteiger charge is -2.07. The highest BCUT2D eigenvalue weighted by molar-refractivity contribution is 7.88. The molecule has 0 bridgehead atoms. The van der Waals surface area contributed by atoms with Gasteiger partial charge in [-0.1, -0.05) is 24.3 Å². The minimum atomic E-state index is -3.12. The lowest BCUT2D eigenvalue weighted by molar-refractivity contribution is 0.582. The summed E-state index contributed by atoms with van der Waals surface area (Å²) < 4.78 is 26.9. The van der Waals surface area contributed by atoms with Crippen molar-refractivity contribution in [2.75, 3.05) is 19.3 Å². The summed E-state index contributed by atoms with van der Waals surface area (Å²) in [6.07, 6.45) is 1.17. The number of nitrogens with one attached hydrogen (secondary N) is 2. The van der Waals surface area contributed by atoms with Gasteiger partial charge in [0.05, 0.1) is 6.26 Å². The van der Waals surface area contributed by atoms with Gasteiger partial charge in [-0.2, -0.15) is 0 Å². The summed E-state index contributed by atoms with van der Waals surface area (Å²) in [5.74, 6) is 0. The molecule has 0 fully saturated rings. The van der Waals surface area contributed by atoms with E-state index in [1.165, 1.54) is 33.6 Å². The molecule has 2 aromatic carbocycles. The van der Waals surface area contributed by atoms with Gasteiger partial charge in [0.25, 0.3) is 0 Å². The summed E-state index contributed by atoms with van der Waals surface area (Å²) in [5, 5.41) is 5.81. The first-order chi connectivity index (χ1) is 11.5. The first kappa shape index (κ1) is 17.0. The fourth-order valence-electron chi connectivity index (χ4n) is 3.11. The molecule has 0 atom stereocenters. The van der Waals surface area contributed by atoms with Gasteiger partial charge in [0, 0.05) is 48.0 Å².